The van der Waals surface area contributed by atoms with Gasteiger partial charge in [0.25, 0.3) is 11.5 Å². The molecule has 2 heterocycles. The maximum atomic E-state index is 13.5. The van der Waals surface area contributed by atoms with Crippen molar-refractivity contribution in [2.24, 2.45) is 23.7 Å². The minimum Gasteiger partial charge on any atom is -0.451 e. The molecule has 7 atom stereocenters. The number of carbonyl (C=O) groups excluding carboxylic acids is 4. The molecule has 6 unspecified atom stereocenters. The van der Waals surface area contributed by atoms with E-state index >= 15 is 0 Å². The lowest BCUT2D eigenvalue weighted by Gasteiger charge is -2.32. The number of carbonyl (C=O) groups is 4. The number of likely N-dealkylation sites (N-methyl/N-ethyl adjacent to an activating group) is 1. The van der Waals surface area contributed by atoms with Gasteiger partial charge in [-0.05, 0) is 87.3 Å². The van der Waals surface area contributed by atoms with Crippen LogP contribution >= 0.6 is 0 Å². The lowest BCUT2D eigenvalue weighted by molar-refractivity contribution is -0.129. The molecule has 4 fully saturated rings. The van der Waals surface area contributed by atoms with E-state index in [1.807, 2.05) is 12.1 Å². The second-order valence-corrected chi connectivity index (χ2v) is 12.7. The second-order valence-electron chi connectivity index (χ2n) is 12.7. The molecule has 4 aliphatic carbocycles. The van der Waals surface area contributed by atoms with Gasteiger partial charge in [0.1, 0.15) is 30.0 Å². The van der Waals surface area contributed by atoms with Crippen molar-refractivity contribution in [2.75, 3.05) is 12.4 Å². The number of aliphatic hydroxyl groups is 1. The zero-order chi connectivity index (χ0) is 31.8. The number of nitrogens with one attached hydrogen (secondary N) is 4. The summed E-state index contributed by atoms with van der Waals surface area (Å²) in [7, 11) is 1.38. The number of aromatic nitrogens is 1. The summed E-state index contributed by atoms with van der Waals surface area (Å²) < 4.78 is 6.99. The first-order valence-electron chi connectivity index (χ1n) is 15.6. The number of benzene rings is 1. The van der Waals surface area contributed by atoms with E-state index in [-0.39, 0.29) is 42.8 Å². The summed E-state index contributed by atoms with van der Waals surface area (Å²) in [5, 5.41) is 21.7. The summed E-state index contributed by atoms with van der Waals surface area (Å²) >= 11 is 0. The number of aryl methyl sites for hydroxylation is 1. The van der Waals surface area contributed by atoms with Crippen LogP contribution in [-0.4, -0.2) is 58.5 Å². The third kappa shape index (κ3) is 6.11. The number of nitrogens with zero attached hydrogens (tertiary/aromatic N) is 1. The van der Waals surface area contributed by atoms with Crippen LogP contribution in [0, 0.1) is 30.6 Å². The standard InChI is InChI=1S/C33H39N5O7/c1-17-21-6-3-4-8-26(21)45-29(17)32(43)35-23(9-10-25(39)31(42)34-2)30(41)36-24-7-5-11-38(33(24)44)16-27(40)37-28-20-13-18-12-19(15-20)22(28)14-18/h3-8,11,18-20,22-23,25,28,39H,9-10,12-16H2,1-2H3,(H,34,42)(H,35,43)(H,36,41)(H,37,40)/t18?,19?,20?,22?,23-,25?,28?/m0/s1. The number of para-hydroxylation sites is 1. The largest absolute Gasteiger partial charge is 0.451 e. The summed E-state index contributed by atoms with van der Waals surface area (Å²) in [5.74, 6) is 0.298. The Morgan fingerprint density at radius 2 is 1.78 bits per heavy atom. The molecule has 12 heteroatoms. The molecule has 12 nitrogen and oxygen atoms in total. The van der Waals surface area contributed by atoms with E-state index in [1.54, 1.807) is 25.1 Å². The Kier molecular flexibility index (Phi) is 8.50. The molecule has 0 saturated heterocycles. The highest BCUT2D eigenvalue weighted by Crippen LogP contribution is 2.58. The molecule has 4 aliphatic rings. The summed E-state index contributed by atoms with van der Waals surface area (Å²) in [5.41, 5.74) is 0.464. The van der Waals surface area contributed by atoms with Crippen molar-refractivity contribution in [3.8, 4) is 0 Å². The lowest BCUT2D eigenvalue weighted by Crippen LogP contribution is -2.46. The van der Waals surface area contributed by atoms with Gasteiger partial charge in [-0.2, -0.15) is 0 Å². The van der Waals surface area contributed by atoms with E-state index in [0.717, 1.165) is 17.7 Å². The lowest BCUT2D eigenvalue weighted by atomic mass is 9.79. The number of rotatable bonds is 11. The second kappa shape index (κ2) is 12.5. The zero-order valence-corrected chi connectivity index (χ0v) is 25.4. The average Bonchev–Trinajstić information content (AvgIpc) is 3.60. The first kappa shape index (κ1) is 30.6. The van der Waals surface area contributed by atoms with Crippen molar-refractivity contribution >= 4 is 40.3 Å². The van der Waals surface area contributed by atoms with E-state index in [1.165, 1.54) is 43.1 Å². The van der Waals surface area contributed by atoms with Crippen LogP contribution in [0.25, 0.3) is 11.0 Å². The number of hydrogen-bond donors (Lipinski definition) is 5. The fourth-order valence-corrected chi connectivity index (χ4v) is 7.83. The SMILES string of the molecule is CNC(=O)C(O)CC[C@H](NC(=O)c1oc2ccccc2c1C)C(=O)Nc1cccn(CC(=O)NC2C3CC4CC(C3)C2C4)c1=O. The summed E-state index contributed by atoms with van der Waals surface area (Å²) in [6, 6.07) is 9.05. The maximum Gasteiger partial charge on any atom is 0.287 e. The maximum absolute atomic E-state index is 13.5. The van der Waals surface area contributed by atoms with E-state index in [0.29, 0.717) is 28.9 Å². The Morgan fingerprint density at radius 3 is 2.53 bits per heavy atom. The molecule has 0 spiro atoms. The number of furan rings is 1. The summed E-state index contributed by atoms with van der Waals surface area (Å²) in [4.78, 5) is 65.0. The van der Waals surface area contributed by atoms with Crippen molar-refractivity contribution in [3.05, 3.63) is 64.3 Å². The van der Waals surface area contributed by atoms with Gasteiger partial charge in [-0.3, -0.25) is 24.0 Å². The molecule has 4 saturated carbocycles. The van der Waals surface area contributed by atoms with Crippen LogP contribution in [0.5, 0.6) is 0 Å². The van der Waals surface area contributed by atoms with E-state index < -0.39 is 35.4 Å². The first-order chi connectivity index (χ1) is 21.6. The monoisotopic (exact) mass is 617 g/mol. The summed E-state index contributed by atoms with van der Waals surface area (Å²) in [6.45, 7) is 1.55. The van der Waals surface area contributed by atoms with Crippen molar-refractivity contribution in [2.45, 2.75) is 70.2 Å². The first-order valence-corrected chi connectivity index (χ1v) is 15.6. The highest BCUT2D eigenvalue weighted by atomic mass is 16.3. The predicted octanol–water partition coefficient (Wildman–Crippen LogP) is 2.08. The molecule has 3 aromatic rings. The van der Waals surface area contributed by atoms with Crippen LogP contribution in [0.15, 0.2) is 51.8 Å². The number of amides is 4. The molecular formula is C33H39N5O7. The molecule has 1 aromatic carbocycles. The van der Waals surface area contributed by atoms with Gasteiger partial charge in [0.15, 0.2) is 5.76 Å². The molecule has 4 bridgehead atoms. The smallest absolute Gasteiger partial charge is 0.287 e. The average molecular weight is 618 g/mol. The highest BCUT2D eigenvalue weighted by Gasteiger charge is 2.54. The molecular weight excluding hydrogens is 578 g/mol. The van der Waals surface area contributed by atoms with Gasteiger partial charge in [-0.15, -0.1) is 0 Å². The molecule has 0 radical (unpaired) electrons. The topological polar surface area (TPSA) is 172 Å². The van der Waals surface area contributed by atoms with Gasteiger partial charge in [-0.1, -0.05) is 18.2 Å². The van der Waals surface area contributed by atoms with Gasteiger partial charge >= 0.3 is 0 Å². The number of fused-ring (bicyclic) bond motifs is 1. The van der Waals surface area contributed by atoms with Crippen LogP contribution in [0.2, 0.25) is 0 Å². The fraction of sp³-hybridized carbons (Fsp3) is 0.485. The van der Waals surface area contributed by atoms with E-state index in [4.69, 9.17) is 4.42 Å². The van der Waals surface area contributed by atoms with Crippen LogP contribution in [0.3, 0.4) is 0 Å². The predicted molar refractivity (Wildman–Crippen MR) is 165 cm³/mol. The third-order valence-corrected chi connectivity index (χ3v) is 9.93. The van der Waals surface area contributed by atoms with Crippen LogP contribution in [0.4, 0.5) is 5.69 Å². The fourth-order valence-electron chi connectivity index (χ4n) is 7.83. The third-order valence-electron chi connectivity index (χ3n) is 9.93. The van der Waals surface area contributed by atoms with Gasteiger partial charge in [0.2, 0.25) is 17.7 Å². The number of aliphatic hydroxyl groups excluding tert-OH is 1. The minimum atomic E-state index is -1.41. The van der Waals surface area contributed by atoms with Crippen LogP contribution in [0.1, 0.15) is 54.6 Å². The normalized spacial score (nSPS) is 24.3. The van der Waals surface area contributed by atoms with Crippen molar-refractivity contribution < 1.29 is 28.7 Å². The Balaban J connectivity index is 1.15. The van der Waals surface area contributed by atoms with E-state index in [9.17, 15) is 29.1 Å². The molecule has 5 N–H and O–H groups in total. The number of hydrogen-bond acceptors (Lipinski definition) is 7. The Labute approximate surface area is 259 Å². The Bertz CT molecular complexity index is 1690. The molecule has 45 heavy (non-hydrogen) atoms. The molecule has 0 aliphatic heterocycles. The zero-order valence-electron chi connectivity index (χ0n) is 25.4. The van der Waals surface area contributed by atoms with Gasteiger partial charge in [-0.25, -0.2) is 0 Å². The highest BCUT2D eigenvalue weighted by molar-refractivity contribution is 6.03. The van der Waals surface area contributed by atoms with Crippen molar-refractivity contribution in [1.29, 1.82) is 0 Å². The van der Waals surface area contributed by atoms with E-state index in [2.05, 4.69) is 21.3 Å². The Morgan fingerprint density at radius 1 is 1.00 bits per heavy atom. The van der Waals surface area contributed by atoms with Crippen LogP contribution in [-0.2, 0) is 20.9 Å². The van der Waals surface area contributed by atoms with Gasteiger partial charge < -0.3 is 35.4 Å². The molecule has 4 amide bonds. The Hall–Kier alpha value is -4.45. The van der Waals surface area contributed by atoms with Crippen LogP contribution < -0.4 is 26.8 Å². The van der Waals surface area contributed by atoms with Crippen molar-refractivity contribution in [1.82, 2.24) is 20.5 Å². The minimum absolute atomic E-state index is 0.0255. The van der Waals surface area contributed by atoms with Gasteiger partial charge in [0.05, 0.1) is 0 Å². The molecule has 7 rings (SSSR count). The quantitative estimate of drug-likeness (QED) is 0.219. The number of pyridine rings is 1. The molecule has 2 aromatic heterocycles. The number of anilines is 1. The molecule has 238 valence electrons. The summed E-state index contributed by atoms with van der Waals surface area (Å²) in [6.07, 6.45) is 4.59. The van der Waals surface area contributed by atoms with Gasteiger partial charge in [0, 0.05) is 30.2 Å². The van der Waals surface area contributed by atoms with Crippen molar-refractivity contribution in [3.63, 3.8) is 0 Å².